The van der Waals surface area contributed by atoms with Gasteiger partial charge in [0, 0.05) is 18.7 Å². The summed E-state index contributed by atoms with van der Waals surface area (Å²) >= 11 is 0. The van der Waals surface area contributed by atoms with Gasteiger partial charge >= 0.3 is 0 Å². The minimum absolute atomic E-state index is 0.139. The van der Waals surface area contributed by atoms with Crippen LogP contribution in [0.25, 0.3) is 0 Å². The summed E-state index contributed by atoms with van der Waals surface area (Å²) in [6.45, 7) is 1.04. The van der Waals surface area contributed by atoms with E-state index >= 15 is 0 Å². The number of methoxy groups -OCH3 is 2. The molecule has 0 bridgehead atoms. The zero-order valence-electron chi connectivity index (χ0n) is 19.1. The number of hydrogen-bond acceptors (Lipinski definition) is 5. The van der Waals surface area contributed by atoms with Crippen molar-refractivity contribution in [3.05, 3.63) is 89.5 Å². The quantitative estimate of drug-likeness (QED) is 0.495. The van der Waals surface area contributed by atoms with Gasteiger partial charge in [-0.1, -0.05) is 54.6 Å². The lowest BCUT2D eigenvalue weighted by atomic mass is 10.1. The van der Waals surface area contributed by atoms with Gasteiger partial charge in [0.1, 0.15) is 0 Å². The highest BCUT2D eigenvalue weighted by molar-refractivity contribution is 6.04. The van der Waals surface area contributed by atoms with E-state index in [1.165, 1.54) is 0 Å². The van der Waals surface area contributed by atoms with Gasteiger partial charge in [-0.2, -0.15) is 0 Å². The number of likely N-dealkylation sites (N-methyl/N-ethyl adjacent to an activating group) is 1. The Morgan fingerprint density at radius 3 is 2.33 bits per heavy atom. The van der Waals surface area contributed by atoms with Crippen molar-refractivity contribution in [2.75, 3.05) is 33.1 Å². The molecule has 3 aromatic rings. The minimum atomic E-state index is -0.246. The van der Waals surface area contributed by atoms with Gasteiger partial charge in [-0.3, -0.25) is 14.5 Å². The highest BCUT2D eigenvalue weighted by Gasteiger charge is 2.16. The van der Waals surface area contributed by atoms with E-state index in [0.29, 0.717) is 35.8 Å². The average Bonchev–Trinajstić information content (AvgIpc) is 2.83. The number of rotatable bonds is 10. The second-order valence-electron chi connectivity index (χ2n) is 7.59. The molecule has 2 amide bonds. The fourth-order valence-electron chi connectivity index (χ4n) is 3.52. The average molecular weight is 448 g/mol. The van der Waals surface area contributed by atoms with Crippen LogP contribution in [0.1, 0.15) is 21.5 Å². The van der Waals surface area contributed by atoms with Crippen LogP contribution in [-0.2, 0) is 17.9 Å². The number of benzene rings is 3. The molecular formula is C26H29N3O4. The molecule has 0 heterocycles. The molecule has 0 radical (unpaired) electrons. The molecule has 0 aliphatic rings. The number of amides is 2. The predicted octanol–water partition coefficient (Wildman–Crippen LogP) is 3.70. The smallest absolute Gasteiger partial charge is 0.253 e. The summed E-state index contributed by atoms with van der Waals surface area (Å²) in [7, 11) is 5.02. The molecule has 7 nitrogen and oxygen atoms in total. The molecule has 0 unspecified atom stereocenters. The first-order valence-corrected chi connectivity index (χ1v) is 10.6. The van der Waals surface area contributed by atoms with Gasteiger partial charge in [-0.25, -0.2) is 0 Å². The summed E-state index contributed by atoms with van der Waals surface area (Å²) in [5, 5.41) is 5.76. The highest BCUT2D eigenvalue weighted by Crippen LogP contribution is 2.31. The third-order valence-electron chi connectivity index (χ3n) is 5.08. The maximum Gasteiger partial charge on any atom is 0.253 e. The van der Waals surface area contributed by atoms with E-state index in [0.717, 1.165) is 11.1 Å². The molecule has 0 spiro atoms. The van der Waals surface area contributed by atoms with Crippen LogP contribution >= 0.6 is 0 Å². The number of carbonyl (C=O) groups is 2. The van der Waals surface area contributed by atoms with Gasteiger partial charge in [0.15, 0.2) is 11.5 Å². The van der Waals surface area contributed by atoms with Crippen LogP contribution in [0.2, 0.25) is 0 Å². The molecule has 0 saturated heterocycles. The van der Waals surface area contributed by atoms with Crippen LogP contribution in [0.5, 0.6) is 11.5 Å². The molecule has 0 atom stereocenters. The Balaban J connectivity index is 1.61. The lowest BCUT2D eigenvalue weighted by molar-refractivity contribution is -0.117. The lowest BCUT2D eigenvalue weighted by Crippen LogP contribution is -2.31. The normalized spacial score (nSPS) is 10.5. The van der Waals surface area contributed by atoms with Crippen LogP contribution in [0.3, 0.4) is 0 Å². The topological polar surface area (TPSA) is 79.9 Å². The van der Waals surface area contributed by atoms with Gasteiger partial charge in [0.2, 0.25) is 5.91 Å². The third-order valence-corrected chi connectivity index (χ3v) is 5.08. The van der Waals surface area contributed by atoms with E-state index < -0.39 is 0 Å². The standard InChI is InChI=1S/C26H29N3O4/c1-29(17-20-12-9-15-23(32-2)25(20)33-3)18-24(30)28-22-14-8-7-13-21(22)26(31)27-16-19-10-5-4-6-11-19/h4-15H,16-18H2,1-3H3,(H,27,31)(H,28,30). The van der Waals surface area contributed by atoms with Crippen molar-refractivity contribution < 1.29 is 19.1 Å². The summed E-state index contributed by atoms with van der Waals surface area (Å²) in [4.78, 5) is 27.3. The molecular weight excluding hydrogens is 418 g/mol. The van der Waals surface area contributed by atoms with Crippen molar-refractivity contribution in [1.29, 1.82) is 0 Å². The maximum atomic E-state index is 12.7. The lowest BCUT2D eigenvalue weighted by Gasteiger charge is -2.19. The van der Waals surface area contributed by atoms with E-state index in [1.54, 1.807) is 38.5 Å². The monoisotopic (exact) mass is 447 g/mol. The van der Waals surface area contributed by atoms with E-state index in [4.69, 9.17) is 9.47 Å². The van der Waals surface area contributed by atoms with Crippen LogP contribution < -0.4 is 20.1 Å². The number of nitrogens with one attached hydrogen (secondary N) is 2. The number of hydrogen-bond donors (Lipinski definition) is 2. The number of nitrogens with zero attached hydrogens (tertiary/aromatic N) is 1. The molecule has 7 heteroatoms. The van der Waals surface area contributed by atoms with Crippen molar-refractivity contribution >= 4 is 17.5 Å². The Hall–Kier alpha value is -3.84. The van der Waals surface area contributed by atoms with Crippen LogP contribution in [0.15, 0.2) is 72.8 Å². The first-order chi connectivity index (χ1) is 16.0. The Morgan fingerprint density at radius 1 is 0.879 bits per heavy atom. The number of para-hydroxylation sites is 2. The van der Waals surface area contributed by atoms with Gasteiger partial charge < -0.3 is 20.1 Å². The first kappa shape index (κ1) is 23.8. The van der Waals surface area contributed by atoms with Crippen molar-refractivity contribution in [3.8, 4) is 11.5 Å². The largest absolute Gasteiger partial charge is 0.493 e. The molecule has 0 aliphatic heterocycles. The molecule has 0 aromatic heterocycles. The molecule has 0 aliphatic carbocycles. The van der Waals surface area contributed by atoms with Crippen molar-refractivity contribution in [1.82, 2.24) is 10.2 Å². The van der Waals surface area contributed by atoms with Crippen LogP contribution in [0, 0.1) is 0 Å². The summed E-state index contributed by atoms with van der Waals surface area (Å²) in [5.41, 5.74) is 2.80. The Bertz CT molecular complexity index is 1090. The fourth-order valence-corrected chi connectivity index (χ4v) is 3.52. The molecule has 3 rings (SSSR count). The SMILES string of the molecule is COc1cccc(CN(C)CC(=O)Nc2ccccc2C(=O)NCc2ccccc2)c1OC. The fraction of sp³-hybridized carbons (Fsp3) is 0.231. The van der Waals surface area contributed by atoms with Gasteiger partial charge in [0.05, 0.1) is 32.0 Å². The van der Waals surface area contributed by atoms with Crippen LogP contribution in [0.4, 0.5) is 5.69 Å². The molecule has 33 heavy (non-hydrogen) atoms. The minimum Gasteiger partial charge on any atom is -0.493 e. The van der Waals surface area contributed by atoms with E-state index in [1.807, 2.05) is 60.5 Å². The molecule has 172 valence electrons. The predicted molar refractivity (Wildman–Crippen MR) is 129 cm³/mol. The van der Waals surface area contributed by atoms with Gasteiger partial charge in [-0.15, -0.1) is 0 Å². The second kappa shape index (κ2) is 11.7. The maximum absolute atomic E-state index is 12.7. The van der Waals surface area contributed by atoms with Gasteiger partial charge in [-0.05, 0) is 30.8 Å². The summed E-state index contributed by atoms with van der Waals surface area (Å²) < 4.78 is 10.8. The molecule has 2 N–H and O–H groups in total. The highest BCUT2D eigenvalue weighted by atomic mass is 16.5. The van der Waals surface area contributed by atoms with Crippen molar-refractivity contribution in [3.63, 3.8) is 0 Å². The zero-order chi connectivity index (χ0) is 23.6. The number of carbonyl (C=O) groups excluding carboxylic acids is 2. The van der Waals surface area contributed by atoms with Gasteiger partial charge in [0.25, 0.3) is 5.91 Å². The third kappa shape index (κ3) is 6.57. The summed E-state index contributed by atoms with van der Waals surface area (Å²) in [5.74, 6) is 0.822. The molecule has 3 aromatic carbocycles. The summed E-state index contributed by atoms with van der Waals surface area (Å²) in [6, 6.07) is 22.3. The van der Waals surface area contributed by atoms with E-state index in [2.05, 4.69) is 10.6 Å². The molecule has 0 saturated carbocycles. The Kier molecular flexibility index (Phi) is 8.43. The number of anilines is 1. The first-order valence-electron chi connectivity index (χ1n) is 10.6. The van der Waals surface area contributed by atoms with E-state index in [-0.39, 0.29) is 18.4 Å². The molecule has 0 fully saturated rings. The van der Waals surface area contributed by atoms with Crippen LogP contribution in [-0.4, -0.2) is 44.5 Å². The number of ether oxygens (including phenoxy) is 2. The zero-order valence-corrected chi connectivity index (χ0v) is 19.1. The summed E-state index contributed by atoms with van der Waals surface area (Å²) in [6.07, 6.45) is 0. The van der Waals surface area contributed by atoms with Crippen molar-refractivity contribution in [2.45, 2.75) is 13.1 Å². The Labute approximate surface area is 194 Å². The van der Waals surface area contributed by atoms with E-state index in [9.17, 15) is 9.59 Å². The second-order valence-corrected chi connectivity index (χ2v) is 7.59. The Morgan fingerprint density at radius 2 is 1.61 bits per heavy atom. The van der Waals surface area contributed by atoms with Crippen molar-refractivity contribution in [2.24, 2.45) is 0 Å².